The molecule has 0 bridgehead atoms. The molecule has 0 heterocycles. The van der Waals surface area contributed by atoms with Crippen LogP contribution in [0.2, 0.25) is 0 Å². The molecule has 0 aliphatic heterocycles. The molecule has 0 aromatic heterocycles. The number of para-hydroxylation sites is 1. The summed E-state index contributed by atoms with van der Waals surface area (Å²) in [6, 6.07) is 10.0. The quantitative estimate of drug-likeness (QED) is 0.220. The molecule has 0 fully saturated rings. The number of benzene rings is 1. The smallest absolute Gasteiger partial charge is 0.143 e. The van der Waals surface area contributed by atoms with Gasteiger partial charge in [0.25, 0.3) is 0 Å². The predicted octanol–water partition coefficient (Wildman–Crippen LogP) is 6.50. The molecule has 1 aromatic rings. The Morgan fingerprint density at radius 2 is 1.53 bits per heavy atom. The van der Waals surface area contributed by atoms with Crippen molar-refractivity contribution in [2.75, 3.05) is 5.32 Å². The second-order valence-corrected chi connectivity index (χ2v) is 13.4. The zero-order valence-electron chi connectivity index (χ0n) is 9.39. The average Bonchev–Trinajstić information content (AvgIpc) is 2.35. The van der Waals surface area contributed by atoms with Crippen LogP contribution in [0.5, 0.6) is 0 Å². The first-order chi connectivity index (χ1) is 8.71. The molecule has 1 aromatic carbocycles. The van der Waals surface area contributed by atoms with Crippen molar-refractivity contribution in [3.63, 3.8) is 0 Å². The second kappa shape index (κ2) is 6.03. The fourth-order valence-electron chi connectivity index (χ4n) is 1.71. The molecule has 0 saturated heterocycles. The summed E-state index contributed by atoms with van der Waals surface area (Å²) in [6.07, 6.45) is 4.15. The second-order valence-electron chi connectivity index (χ2n) is 4.16. The lowest BCUT2D eigenvalue weighted by Crippen LogP contribution is -2.59. The topological polar surface area (TPSA) is 12.0 Å². The summed E-state index contributed by atoms with van der Waals surface area (Å²) in [5.74, 6) is 0. The maximum atomic E-state index is 3.78. The minimum atomic E-state index is -0.515. The number of hydrogen-bond donors (Lipinski definition) is 1. The van der Waals surface area contributed by atoms with Crippen molar-refractivity contribution in [3.8, 4) is 0 Å². The van der Waals surface area contributed by atoms with E-state index in [-0.39, 0.29) is 4.83 Å². The monoisotopic (exact) mass is 641 g/mol. The lowest BCUT2D eigenvalue weighted by molar-refractivity contribution is 0.650. The third-order valence-corrected chi connectivity index (χ3v) is 14.0. The van der Waals surface area contributed by atoms with Gasteiger partial charge in [0, 0.05) is 5.69 Å². The zero-order valence-corrected chi connectivity index (χ0v) is 18.9. The Kier molecular flexibility index (Phi) is 5.40. The molecular weight excluding hydrogens is 638 g/mol. The van der Waals surface area contributed by atoms with Gasteiger partial charge >= 0.3 is 0 Å². The highest BCUT2D eigenvalue weighted by molar-refractivity contribution is 9.31. The Bertz CT molecular complexity index is 486. The largest absolute Gasteiger partial charge is 0.365 e. The summed E-state index contributed by atoms with van der Waals surface area (Å²) in [6.45, 7) is 0. The molecule has 0 spiro atoms. The van der Waals surface area contributed by atoms with E-state index < -0.39 is 10.9 Å². The Morgan fingerprint density at radius 3 is 2.11 bits per heavy atom. The van der Waals surface area contributed by atoms with E-state index in [1.807, 2.05) is 30.3 Å². The Morgan fingerprint density at radius 1 is 0.947 bits per heavy atom. The maximum Gasteiger partial charge on any atom is 0.143 e. The molecule has 1 aliphatic rings. The first-order valence-electron chi connectivity index (χ1n) is 5.32. The highest BCUT2D eigenvalue weighted by atomic mass is 79.9. The number of alkyl halides is 6. The molecule has 19 heavy (non-hydrogen) atoms. The van der Waals surface area contributed by atoms with Crippen molar-refractivity contribution in [1.29, 1.82) is 0 Å². The van der Waals surface area contributed by atoms with Gasteiger partial charge in [-0.3, -0.25) is 0 Å². The fraction of sp³-hybridized carbons (Fsp3) is 0.333. The molecule has 0 radical (unpaired) electrons. The van der Waals surface area contributed by atoms with Crippen molar-refractivity contribution in [1.82, 2.24) is 0 Å². The van der Waals surface area contributed by atoms with Gasteiger partial charge in [-0.2, -0.15) is 0 Å². The number of hydrogen-bond acceptors (Lipinski definition) is 1. The van der Waals surface area contributed by atoms with E-state index in [0.29, 0.717) is 0 Å². The summed E-state index contributed by atoms with van der Waals surface area (Å²) in [5.41, 5.74) is 1.02. The van der Waals surface area contributed by atoms with Gasteiger partial charge in [0.1, 0.15) is 10.9 Å². The van der Waals surface area contributed by atoms with Gasteiger partial charge in [-0.05, 0) is 18.2 Å². The van der Waals surface area contributed by atoms with Gasteiger partial charge in [0.15, 0.2) is 0 Å². The third kappa shape index (κ3) is 3.07. The molecule has 2 atom stereocenters. The maximum absolute atomic E-state index is 3.78. The van der Waals surface area contributed by atoms with E-state index in [1.54, 1.807) is 0 Å². The van der Waals surface area contributed by atoms with Crippen LogP contribution in [-0.2, 0) is 0 Å². The first kappa shape index (κ1) is 17.0. The third-order valence-electron chi connectivity index (χ3n) is 2.82. The first-order valence-corrected chi connectivity index (χ1v) is 10.2. The van der Waals surface area contributed by atoms with Crippen LogP contribution in [0, 0.1) is 0 Å². The van der Waals surface area contributed by atoms with Gasteiger partial charge < -0.3 is 5.32 Å². The van der Waals surface area contributed by atoms with E-state index >= 15 is 0 Å². The minimum Gasteiger partial charge on any atom is -0.365 e. The molecule has 7 heteroatoms. The molecule has 104 valence electrons. The Hall–Kier alpha value is 1.64. The standard InChI is InChI=1S/C12H9Br6N/c13-9-6-7-10(14,12(17,18)11(9,15)16)19-8-4-2-1-3-5-8/h1-7,9,19H. The molecule has 1 aliphatic carbocycles. The predicted molar refractivity (Wildman–Crippen MR) is 105 cm³/mol. The normalized spacial score (nSPS) is 32.0. The van der Waals surface area contributed by atoms with Gasteiger partial charge in [0.2, 0.25) is 0 Å². The van der Waals surface area contributed by atoms with Crippen LogP contribution in [-0.4, -0.2) is 15.7 Å². The van der Waals surface area contributed by atoms with Crippen molar-refractivity contribution in [3.05, 3.63) is 42.5 Å². The lowest BCUT2D eigenvalue weighted by atomic mass is 10.0. The van der Waals surface area contributed by atoms with Crippen LogP contribution in [0.25, 0.3) is 0 Å². The minimum absolute atomic E-state index is 0.113. The van der Waals surface area contributed by atoms with Crippen molar-refractivity contribution in [2.45, 2.75) is 15.7 Å². The van der Waals surface area contributed by atoms with Crippen LogP contribution < -0.4 is 5.32 Å². The van der Waals surface area contributed by atoms with Crippen LogP contribution in [0.3, 0.4) is 0 Å². The van der Waals surface area contributed by atoms with Crippen molar-refractivity contribution >= 4 is 101 Å². The number of anilines is 1. The number of halogens is 6. The van der Waals surface area contributed by atoms with Crippen LogP contribution in [0.4, 0.5) is 5.69 Å². The van der Waals surface area contributed by atoms with Crippen molar-refractivity contribution < 1.29 is 0 Å². The molecule has 1 nitrogen and oxygen atoms in total. The van der Waals surface area contributed by atoms with E-state index in [0.717, 1.165) is 5.69 Å². The SMILES string of the molecule is BrC1C=CC(Br)(Nc2ccccc2)C(Br)(Br)C1(Br)Br. The summed E-state index contributed by atoms with van der Waals surface area (Å²) in [4.78, 5) is 0.113. The van der Waals surface area contributed by atoms with Crippen LogP contribution in [0.15, 0.2) is 42.5 Å². The van der Waals surface area contributed by atoms with Crippen molar-refractivity contribution in [2.24, 2.45) is 0 Å². The number of nitrogens with one attached hydrogen (secondary N) is 1. The summed E-state index contributed by atoms with van der Waals surface area (Å²) in [7, 11) is 0. The molecule has 2 rings (SSSR count). The highest BCUT2D eigenvalue weighted by Gasteiger charge is 2.62. The van der Waals surface area contributed by atoms with Crippen LogP contribution in [0.1, 0.15) is 0 Å². The molecule has 0 amide bonds. The Labute approximate surface area is 163 Å². The van der Waals surface area contributed by atoms with Gasteiger partial charge in [-0.1, -0.05) is 120 Å². The molecule has 0 saturated carbocycles. The van der Waals surface area contributed by atoms with Gasteiger partial charge in [-0.25, -0.2) is 0 Å². The van der Waals surface area contributed by atoms with Gasteiger partial charge in [0.05, 0.1) is 4.83 Å². The van der Waals surface area contributed by atoms with E-state index in [4.69, 9.17) is 0 Å². The summed E-state index contributed by atoms with van der Waals surface area (Å²) < 4.78 is -1.45. The average molecular weight is 647 g/mol. The van der Waals surface area contributed by atoms with E-state index in [2.05, 4.69) is 113 Å². The van der Waals surface area contributed by atoms with Crippen LogP contribution >= 0.6 is 95.6 Å². The van der Waals surface area contributed by atoms with E-state index in [1.165, 1.54) is 0 Å². The van der Waals surface area contributed by atoms with Gasteiger partial charge in [-0.15, -0.1) is 0 Å². The molecule has 2 unspecified atom stereocenters. The molecular formula is C12H9Br6N. The fourth-order valence-corrected chi connectivity index (χ4v) is 5.93. The Balaban J connectivity index is 2.40. The summed E-state index contributed by atoms with van der Waals surface area (Å²) in [5, 5.41) is 3.48. The highest BCUT2D eigenvalue weighted by Crippen LogP contribution is 2.62. The zero-order chi connectivity index (χ0) is 14.3. The summed E-state index contributed by atoms with van der Waals surface area (Å²) >= 11 is 22.4. The number of rotatable bonds is 2. The van der Waals surface area contributed by atoms with E-state index in [9.17, 15) is 0 Å². The number of allylic oxidation sites excluding steroid dienone is 1. The lowest BCUT2D eigenvalue weighted by Gasteiger charge is -2.50. The molecule has 1 N–H and O–H groups in total.